The Morgan fingerprint density at radius 2 is 1.24 bits per heavy atom. The second-order valence-electron chi connectivity index (χ2n) is 9.24. The van der Waals surface area contributed by atoms with Gasteiger partial charge in [-0.1, -0.05) is 78.9 Å². The van der Waals surface area contributed by atoms with Gasteiger partial charge in [-0.3, -0.25) is 9.59 Å². The number of benzene rings is 3. The van der Waals surface area contributed by atoms with Gasteiger partial charge in [0.05, 0.1) is 0 Å². The second kappa shape index (κ2) is 11.5. The van der Waals surface area contributed by atoms with Crippen LogP contribution >= 0.6 is 0 Å². The van der Waals surface area contributed by atoms with E-state index in [2.05, 4.69) is 10.2 Å². The summed E-state index contributed by atoms with van der Waals surface area (Å²) in [7, 11) is 3.79. The molecule has 0 aromatic heterocycles. The molecule has 0 spiro atoms. The first kappa shape index (κ1) is 25.0. The number of hydrogen-bond acceptors (Lipinski definition) is 3. The lowest BCUT2D eigenvalue weighted by Gasteiger charge is -2.32. The molecule has 0 aliphatic carbocycles. The van der Waals surface area contributed by atoms with Crippen molar-refractivity contribution in [3.8, 4) is 0 Å². The van der Waals surface area contributed by atoms with Gasteiger partial charge in [0.2, 0.25) is 11.8 Å². The molecule has 0 radical (unpaired) electrons. The van der Waals surface area contributed by atoms with Crippen molar-refractivity contribution in [3.05, 3.63) is 102 Å². The molecule has 0 atom stereocenters. The fraction of sp³-hybridized carbons (Fsp3) is 0.310. The van der Waals surface area contributed by atoms with Crippen LogP contribution in [0.1, 0.15) is 37.3 Å². The van der Waals surface area contributed by atoms with E-state index >= 15 is 0 Å². The van der Waals surface area contributed by atoms with E-state index in [0.29, 0.717) is 13.1 Å². The summed E-state index contributed by atoms with van der Waals surface area (Å²) in [5.74, 6) is -0.338. The van der Waals surface area contributed by atoms with Crippen molar-refractivity contribution >= 4 is 17.5 Å². The first-order valence-corrected chi connectivity index (χ1v) is 11.7. The summed E-state index contributed by atoms with van der Waals surface area (Å²) in [6.45, 7) is 4.79. The van der Waals surface area contributed by atoms with Crippen LogP contribution < -0.4 is 10.2 Å². The number of anilines is 1. The third-order valence-corrected chi connectivity index (χ3v) is 6.09. The third-order valence-electron chi connectivity index (χ3n) is 6.09. The zero-order valence-electron chi connectivity index (χ0n) is 20.6. The second-order valence-corrected chi connectivity index (χ2v) is 9.24. The Balaban J connectivity index is 1.62. The zero-order valence-corrected chi connectivity index (χ0v) is 20.6. The molecule has 0 fully saturated rings. The largest absolute Gasteiger partial charge is 0.373 e. The highest BCUT2D eigenvalue weighted by Gasteiger charge is 2.33. The van der Waals surface area contributed by atoms with Gasteiger partial charge in [-0.25, -0.2) is 0 Å². The molecule has 0 saturated heterocycles. The number of nitrogens with zero attached hydrogens (tertiary/aromatic N) is 2. The normalized spacial score (nSPS) is 11.2. The maximum atomic E-state index is 13.2. The topological polar surface area (TPSA) is 52.6 Å². The van der Waals surface area contributed by atoms with Crippen LogP contribution in [0.5, 0.6) is 0 Å². The minimum atomic E-state index is -1.00. The van der Waals surface area contributed by atoms with Crippen molar-refractivity contribution < 1.29 is 9.59 Å². The molecule has 3 aromatic carbocycles. The molecule has 178 valence electrons. The average molecular weight is 458 g/mol. The molecule has 0 heterocycles. The molecule has 0 bridgehead atoms. The van der Waals surface area contributed by atoms with Crippen molar-refractivity contribution in [2.24, 2.45) is 0 Å². The predicted molar refractivity (Wildman–Crippen MR) is 139 cm³/mol. The molecule has 5 heteroatoms. The lowest BCUT2D eigenvalue weighted by Crippen LogP contribution is -2.56. The average Bonchev–Trinajstić information content (AvgIpc) is 2.86. The molecule has 0 aliphatic rings. The molecule has 34 heavy (non-hydrogen) atoms. The van der Waals surface area contributed by atoms with E-state index in [1.807, 2.05) is 98.0 Å². The van der Waals surface area contributed by atoms with Gasteiger partial charge in [-0.15, -0.1) is 0 Å². The van der Waals surface area contributed by atoms with Crippen LogP contribution in [0.25, 0.3) is 0 Å². The maximum Gasteiger partial charge on any atom is 0.247 e. The number of amides is 2. The van der Waals surface area contributed by atoms with Crippen molar-refractivity contribution in [3.63, 3.8) is 0 Å². The maximum absolute atomic E-state index is 13.2. The minimum absolute atomic E-state index is 0.0782. The highest BCUT2D eigenvalue weighted by Crippen LogP contribution is 2.28. The molecule has 0 saturated carbocycles. The molecule has 2 amide bonds. The van der Waals surface area contributed by atoms with E-state index in [1.54, 1.807) is 25.8 Å². The Hall–Kier alpha value is -3.60. The summed E-state index contributed by atoms with van der Waals surface area (Å²) in [4.78, 5) is 30.1. The SMILES string of the molecule is CN(CCN(C)c1ccccc1)C(=O)C(C)(C)NC(=O)CC(c1ccccc1)c1ccccc1. The van der Waals surface area contributed by atoms with E-state index in [0.717, 1.165) is 16.8 Å². The van der Waals surface area contributed by atoms with Crippen LogP contribution in [0.2, 0.25) is 0 Å². The summed E-state index contributed by atoms with van der Waals surface area (Å²) in [5, 5.41) is 2.98. The standard InChI is InChI=1S/C29H35N3O2/c1-29(2,28(34)32(4)21-20-31(3)25-18-12-7-13-19-25)30-27(33)22-26(23-14-8-5-9-15-23)24-16-10-6-11-17-24/h5-19,26H,20-22H2,1-4H3,(H,30,33). The van der Waals surface area contributed by atoms with Gasteiger partial charge in [-0.2, -0.15) is 0 Å². The predicted octanol–water partition coefficient (Wildman–Crippen LogP) is 4.70. The Morgan fingerprint density at radius 1 is 0.765 bits per heavy atom. The summed E-state index contributed by atoms with van der Waals surface area (Å²) < 4.78 is 0. The van der Waals surface area contributed by atoms with E-state index in [4.69, 9.17) is 0 Å². The zero-order chi connectivity index (χ0) is 24.6. The Labute approximate surface area is 203 Å². The van der Waals surface area contributed by atoms with Gasteiger partial charge in [0.15, 0.2) is 0 Å². The number of hydrogen-bond donors (Lipinski definition) is 1. The lowest BCUT2D eigenvalue weighted by molar-refractivity contribution is -0.139. The molecule has 5 nitrogen and oxygen atoms in total. The van der Waals surface area contributed by atoms with Crippen LogP contribution in [0.15, 0.2) is 91.0 Å². The molecule has 3 aromatic rings. The van der Waals surface area contributed by atoms with Crippen molar-refractivity contribution in [1.29, 1.82) is 0 Å². The first-order valence-electron chi connectivity index (χ1n) is 11.7. The quantitative estimate of drug-likeness (QED) is 0.480. The van der Waals surface area contributed by atoms with E-state index in [-0.39, 0.29) is 24.2 Å². The highest BCUT2D eigenvalue weighted by molar-refractivity contribution is 5.91. The number of carbonyl (C=O) groups is 2. The smallest absolute Gasteiger partial charge is 0.247 e. The monoisotopic (exact) mass is 457 g/mol. The highest BCUT2D eigenvalue weighted by atomic mass is 16.2. The van der Waals surface area contributed by atoms with Crippen LogP contribution in [0, 0.1) is 0 Å². The van der Waals surface area contributed by atoms with E-state index < -0.39 is 5.54 Å². The Morgan fingerprint density at radius 3 is 1.74 bits per heavy atom. The number of nitrogens with one attached hydrogen (secondary N) is 1. The van der Waals surface area contributed by atoms with Crippen molar-refractivity contribution in [1.82, 2.24) is 10.2 Å². The van der Waals surface area contributed by atoms with Gasteiger partial charge >= 0.3 is 0 Å². The summed E-state index contributed by atoms with van der Waals surface area (Å²) in [5.41, 5.74) is 2.25. The summed E-state index contributed by atoms with van der Waals surface area (Å²) in [6, 6.07) is 30.1. The van der Waals surface area contributed by atoms with Gasteiger partial charge in [0, 0.05) is 45.2 Å². The fourth-order valence-corrected chi connectivity index (χ4v) is 4.13. The first-order chi connectivity index (χ1) is 16.3. The van der Waals surface area contributed by atoms with Gasteiger partial charge in [0.1, 0.15) is 5.54 Å². The summed E-state index contributed by atoms with van der Waals surface area (Å²) in [6.07, 6.45) is 0.269. The number of para-hydroxylation sites is 1. The molecule has 3 rings (SSSR count). The minimum Gasteiger partial charge on any atom is -0.373 e. The van der Waals surface area contributed by atoms with Crippen LogP contribution in [-0.4, -0.2) is 49.4 Å². The number of likely N-dealkylation sites (N-methyl/N-ethyl adjacent to an activating group) is 2. The van der Waals surface area contributed by atoms with Crippen LogP contribution in [0.3, 0.4) is 0 Å². The third kappa shape index (κ3) is 6.70. The fourth-order valence-electron chi connectivity index (χ4n) is 4.13. The van der Waals surface area contributed by atoms with Crippen LogP contribution in [0.4, 0.5) is 5.69 Å². The van der Waals surface area contributed by atoms with Gasteiger partial charge < -0.3 is 15.1 Å². The molecular weight excluding hydrogens is 422 g/mol. The molecule has 0 aliphatic heterocycles. The van der Waals surface area contributed by atoms with Gasteiger partial charge in [-0.05, 0) is 37.1 Å². The van der Waals surface area contributed by atoms with E-state index in [9.17, 15) is 9.59 Å². The summed E-state index contributed by atoms with van der Waals surface area (Å²) >= 11 is 0. The number of carbonyl (C=O) groups excluding carboxylic acids is 2. The molecule has 0 unspecified atom stereocenters. The lowest BCUT2D eigenvalue weighted by atomic mass is 9.88. The Kier molecular flexibility index (Phi) is 8.47. The van der Waals surface area contributed by atoms with Crippen molar-refractivity contribution in [2.75, 3.05) is 32.1 Å². The van der Waals surface area contributed by atoms with Crippen LogP contribution in [-0.2, 0) is 9.59 Å². The van der Waals surface area contributed by atoms with Gasteiger partial charge in [0.25, 0.3) is 0 Å². The molecular formula is C29H35N3O2. The van der Waals surface area contributed by atoms with E-state index in [1.165, 1.54) is 0 Å². The molecule has 1 N–H and O–H groups in total. The van der Waals surface area contributed by atoms with Crippen molar-refractivity contribution in [2.45, 2.75) is 31.7 Å². The number of rotatable bonds is 10. The Bertz CT molecular complexity index is 1010.